The second-order valence-electron chi connectivity index (χ2n) is 8.51. The molecule has 3 N–H and O–H groups in total. The Bertz CT molecular complexity index is 1420. The van der Waals surface area contributed by atoms with Crippen LogP contribution >= 0.6 is 0 Å². The van der Waals surface area contributed by atoms with Gasteiger partial charge in [-0.1, -0.05) is 61.5 Å². The molecule has 0 saturated heterocycles. The normalized spacial score (nSPS) is 10.9. The summed E-state index contributed by atoms with van der Waals surface area (Å²) in [7, 11) is 0. The van der Waals surface area contributed by atoms with Crippen LogP contribution in [0.25, 0.3) is 16.6 Å². The first-order chi connectivity index (χ1) is 17.4. The van der Waals surface area contributed by atoms with Gasteiger partial charge in [0.05, 0.1) is 17.7 Å². The monoisotopic (exact) mass is 484 g/mol. The van der Waals surface area contributed by atoms with E-state index in [1.165, 1.54) is 0 Å². The Morgan fingerprint density at radius 2 is 1.72 bits per heavy atom. The Balaban J connectivity index is 1.80. The van der Waals surface area contributed by atoms with Crippen molar-refractivity contribution >= 4 is 23.2 Å². The van der Waals surface area contributed by atoms with Crippen LogP contribution in [0.15, 0.2) is 72.9 Å². The van der Waals surface area contributed by atoms with Crippen molar-refractivity contribution in [2.45, 2.75) is 32.6 Å². The number of hydrogen-bond acceptors (Lipinski definition) is 4. The molecule has 0 aliphatic rings. The van der Waals surface area contributed by atoms with Gasteiger partial charge in [-0.3, -0.25) is 14.4 Å². The number of nitrogens with zero attached hydrogens (tertiary/aromatic N) is 1. The molecule has 4 rings (SSSR count). The minimum absolute atomic E-state index is 0.00371. The largest absolute Gasteiger partial charge is 0.493 e. The first-order valence-electron chi connectivity index (χ1n) is 11.9. The molecule has 2 aromatic heterocycles. The van der Waals surface area contributed by atoms with Crippen LogP contribution in [-0.2, 0) is 22.4 Å². The third kappa shape index (κ3) is 5.15. The number of carboxylic acid groups (broad SMARTS) is 1. The number of primary amides is 1. The van der Waals surface area contributed by atoms with Gasteiger partial charge < -0.3 is 20.0 Å². The molecule has 7 nitrogen and oxygen atoms in total. The van der Waals surface area contributed by atoms with Crippen LogP contribution in [0.2, 0.25) is 0 Å². The summed E-state index contributed by atoms with van der Waals surface area (Å²) in [5, 5.41) is 8.84. The standard InChI is InChI=1S/C29H28N2O5/c1-2-22-24(17-20-11-6-7-12-23(20)19-9-4-3-5-10-19)31-15-14-21(36-16-8-13-26(32)33)18-25(31)27(22)28(34)29(30)35/h3-7,9-12,14-15,18H,2,8,13,16-17H2,1H3,(H2,30,35)(H,32,33). The van der Waals surface area contributed by atoms with Gasteiger partial charge in [0.1, 0.15) is 5.75 Å². The summed E-state index contributed by atoms with van der Waals surface area (Å²) in [6.07, 6.45) is 3.26. The highest BCUT2D eigenvalue weighted by Crippen LogP contribution is 2.32. The number of nitrogens with two attached hydrogens (primary N) is 1. The molecule has 0 radical (unpaired) electrons. The fraction of sp³-hybridized carbons (Fsp3) is 0.207. The Labute approximate surface area is 209 Å². The van der Waals surface area contributed by atoms with Crippen molar-refractivity contribution in [2.75, 3.05) is 6.61 Å². The summed E-state index contributed by atoms with van der Waals surface area (Å²) in [4.78, 5) is 35.7. The van der Waals surface area contributed by atoms with E-state index in [1.54, 1.807) is 12.1 Å². The highest BCUT2D eigenvalue weighted by Gasteiger charge is 2.26. The van der Waals surface area contributed by atoms with Crippen molar-refractivity contribution in [3.8, 4) is 16.9 Å². The number of aliphatic carboxylic acids is 1. The van der Waals surface area contributed by atoms with Gasteiger partial charge in [0.15, 0.2) is 0 Å². The first kappa shape index (κ1) is 24.7. The zero-order chi connectivity index (χ0) is 25.7. The number of ether oxygens (including phenoxy) is 1. The fourth-order valence-electron chi connectivity index (χ4n) is 4.56. The average Bonchev–Trinajstić information content (AvgIpc) is 3.19. The molecule has 0 saturated carbocycles. The van der Waals surface area contributed by atoms with Crippen LogP contribution in [0, 0.1) is 0 Å². The summed E-state index contributed by atoms with van der Waals surface area (Å²) in [5.41, 5.74) is 11.2. The van der Waals surface area contributed by atoms with Gasteiger partial charge in [-0.2, -0.15) is 0 Å². The van der Waals surface area contributed by atoms with Gasteiger partial charge in [-0.25, -0.2) is 0 Å². The van der Waals surface area contributed by atoms with Crippen molar-refractivity contribution in [2.24, 2.45) is 5.73 Å². The predicted molar refractivity (Wildman–Crippen MR) is 137 cm³/mol. The van der Waals surface area contributed by atoms with Crippen molar-refractivity contribution < 1.29 is 24.2 Å². The first-order valence-corrected chi connectivity index (χ1v) is 11.9. The molecule has 0 bridgehead atoms. The highest BCUT2D eigenvalue weighted by atomic mass is 16.5. The zero-order valence-corrected chi connectivity index (χ0v) is 20.1. The van der Waals surface area contributed by atoms with Crippen molar-refractivity contribution in [3.63, 3.8) is 0 Å². The molecule has 184 valence electrons. The molecule has 2 heterocycles. The Morgan fingerprint density at radius 1 is 1.00 bits per heavy atom. The van der Waals surface area contributed by atoms with Crippen molar-refractivity contribution in [1.82, 2.24) is 4.40 Å². The number of benzene rings is 2. The number of carboxylic acids is 1. The van der Waals surface area contributed by atoms with E-state index in [4.69, 9.17) is 15.6 Å². The molecule has 0 aliphatic carbocycles. The topological polar surface area (TPSA) is 111 Å². The molecule has 0 unspecified atom stereocenters. The van der Waals surface area contributed by atoms with E-state index in [9.17, 15) is 14.4 Å². The predicted octanol–water partition coefficient (Wildman–Crippen LogP) is 4.67. The van der Waals surface area contributed by atoms with E-state index in [0.29, 0.717) is 30.5 Å². The molecule has 7 heteroatoms. The number of amides is 1. The van der Waals surface area contributed by atoms with Crippen LogP contribution in [0.5, 0.6) is 5.75 Å². The van der Waals surface area contributed by atoms with E-state index >= 15 is 0 Å². The maximum atomic E-state index is 12.9. The lowest BCUT2D eigenvalue weighted by Crippen LogP contribution is -2.24. The van der Waals surface area contributed by atoms with Crippen molar-refractivity contribution in [3.05, 3.63) is 95.3 Å². The van der Waals surface area contributed by atoms with Gasteiger partial charge >= 0.3 is 5.97 Å². The number of aromatic nitrogens is 1. The Hall–Kier alpha value is -4.39. The molecule has 0 aliphatic heterocycles. The molecule has 1 amide bonds. The number of carbonyl (C=O) groups excluding carboxylic acids is 2. The fourth-order valence-corrected chi connectivity index (χ4v) is 4.56. The van der Waals surface area contributed by atoms with E-state index in [0.717, 1.165) is 27.9 Å². The van der Waals surface area contributed by atoms with Gasteiger partial charge in [-0.05, 0) is 41.2 Å². The minimum Gasteiger partial charge on any atom is -0.493 e. The zero-order valence-electron chi connectivity index (χ0n) is 20.1. The summed E-state index contributed by atoms with van der Waals surface area (Å²) in [5.74, 6) is -2.15. The van der Waals surface area contributed by atoms with Gasteiger partial charge in [0.2, 0.25) is 0 Å². The lowest BCUT2D eigenvalue weighted by Gasteiger charge is -2.12. The molecule has 0 spiro atoms. The molecule has 36 heavy (non-hydrogen) atoms. The van der Waals surface area contributed by atoms with Gasteiger partial charge in [0.25, 0.3) is 11.7 Å². The lowest BCUT2D eigenvalue weighted by atomic mass is 9.94. The third-order valence-corrected chi connectivity index (χ3v) is 6.19. The maximum absolute atomic E-state index is 12.9. The van der Waals surface area contributed by atoms with Crippen LogP contribution in [0.1, 0.15) is 46.9 Å². The molecular formula is C29H28N2O5. The second-order valence-corrected chi connectivity index (χ2v) is 8.51. The maximum Gasteiger partial charge on any atom is 0.303 e. The van der Waals surface area contributed by atoms with Crippen LogP contribution in [0.4, 0.5) is 0 Å². The summed E-state index contributed by atoms with van der Waals surface area (Å²) in [6.45, 7) is 2.17. The minimum atomic E-state index is -1.01. The average molecular weight is 485 g/mol. The Morgan fingerprint density at radius 3 is 2.42 bits per heavy atom. The quantitative estimate of drug-likeness (QED) is 0.183. The summed E-state index contributed by atoms with van der Waals surface area (Å²) < 4.78 is 7.65. The van der Waals surface area contributed by atoms with Crippen LogP contribution < -0.4 is 10.5 Å². The number of rotatable bonds is 11. The Kier molecular flexibility index (Phi) is 7.49. The van der Waals surface area contributed by atoms with E-state index in [1.807, 2.05) is 47.9 Å². The molecule has 4 aromatic rings. The van der Waals surface area contributed by atoms with Crippen molar-refractivity contribution in [1.29, 1.82) is 0 Å². The molecule has 0 fully saturated rings. The third-order valence-electron chi connectivity index (χ3n) is 6.19. The molecule has 2 aromatic carbocycles. The van der Waals surface area contributed by atoms with Gasteiger partial charge in [0, 0.05) is 30.8 Å². The van der Waals surface area contributed by atoms with E-state index in [2.05, 4.69) is 24.3 Å². The summed E-state index contributed by atoms with van der Waals surface area (Å²) >= 11 is 0. The SMILES string of the molecule is CCc1c(C(=O)C(N)=O)c2cc(OCCCC(=O)O)ccn2c1Cc1ccccc1-c1ccccc1. The van der Waals surface area contributed by atoms with E-state index < -0.39 is 17.7 Å². The number of ketones is 1. The number of Topliss-reactive ketones (excluding diaryl/α,β-unsaturated/α-hetero) is 1. The summed E-state index contributed by atoms with van der Waals surface area (Å²) in [6, 6.07) is 21.7. The highest BCUT2D eigenvalue weighted by molar-refractivity contribution is 6.44. The number of pyridine rings is 1. The lowest BCUT2D eigenvalue weighted by molar-refractivity contribution is -0.137. The van der Waals surface area contributed by atoms with E-state index in [-0.39, 0.29) is 18.6 Å². The second kappa shape index (κ2) is 10.9. The van der Waals surface area contributed by atoms with Crippen LogP contribution in [0.3, 0.4) is 0 Å². The smallest absolute Gasteiger partial charge is 0.303 e. The van der Waals surface area contributed by atoms with Gasteiger partial charge in [-0.15, -0.1) is 0 Å². The molecule has 0 atom stereocenters. The van der Waals surface area contributed by atoms with Crippen LogP contribution in [-0.4, -0.2) is 33.8 Å². The molecular weight excluding hydrogens is 456 g/mol. The number of carbonyl (C=O) groups is 3. The number of fused-ring (bicyclic) bond motifs is 1. The number of hydrogen-bond donors (Lipinski definition) is 2.